The molecule has 6 nitrogen and oxygen atoms in total. The topological polar surface area (TPSA) is 75.4 Å². The summed E-state index contributed by atoms with van der Waals surface area (Å²) < 4.78 is 5.10. The van der Waals surface area contributed by atoms with Crippen LogP contribution in [0.25, 0.3) is 6.08 Å². The lowest BCUT2D eigenvalue weighted by atomic mass is 10.1. The highest BCUT2D eigenvalue weighted by molar-refractivity contribution is 6.04. The molecule has 24 heavy (non-hydrogen) atoms. The lowest BCUT2D eigenvalue weighted by Gasteiger charge is -2.27. The Balaban J connectivity index is 1.84. The van der Waals surface area contributed by atoms with Crippen LogP contribution in [0.3, 0.4) is 0 Å². The zero-order valence-electron chi connectivity index (χ0n) is 13.3. The number of furan rings is 1. The van der Waals surface area contributed by atoms with Crippen LogP contribution >= 0.6 is 0 Å². The lowest BCUT2D eigenvalue weighted by molar-refractivity contribution is -0.128. The van der Waals surface area contributed by atoms with Crippen LogP contribution in [0, 0.1) is 0 Å². The smallest absolute Gasteiger partial charge is 0.291 e. The molecule has 0 saturated carbocycles. The molecule has 0 unspecified atom stereocenters. The second-order valence-corrected chi connectivity index (χ2v) is 5.63. The molecule has 0 atom stereocenters. The predicted octanol–water partition coefficient (Wildman–Crippen LogP) is 2.46. The first kappa shape index (κ1) is 16.0. The van der Waals surface area contributed by atoms with Gasteiger partial charge in [-0.3, -0.25) is 14.6 Å². The van der Waals surface area contributed by atoms with Gasteiger partial charge in [0.15, 0.2) is 5.76 Å². The van der Waals surface area contributed by atoms with Crippen LogP contribution in [-0.2, 0) is 4.79 Å². The minimum Gasteiger partial charge on any atom is -0.459 e. The van der Waals surface area contributed by atoms with Gasteiger partial charge in [-0.2, -0.15) is 0 Å². The first-order valence-electron chi connectivity index (χ1n) is 8.00. The van der Waals surface area contributed by atoms with E-state index >= 15 is 0 Å². The fraction of sp³-hybridized carbons (Fsp3) is 0.278. The minimum atomic E-state index is -0.444. The highest BCUT2D eigenvalue weighted by Crippen LogP contribution is 2.14. The summed E-state index contributed by atoms with van der Waals surface area (Å²) in [5.74, 6) is -0.461. The van der Waals surface area contributed by atoms with Crippen LogP contribution in [0.5, 0.6) is 0 Å². The molecule has 6 heteroatoms. The van der Waals surface area contributed by atoms with Crippen LogP contribution in [0.4, 0.5) is 0 Å². The maximum atomic E-state index is 12.8. The number of nitrogens with zero attached hydrogens (tertiary/aromatic N) is 2. The highest BCUT2D eigenvalue weighted by atomic mass is 16.3. The third-order valence-electron chi connectivity index (χ3n) is 3.86. The second kappa shape index (κ2) is 7.59. The number of aromatic nitrogens is 1. The molecule has 1 saturated heterocycles. The predicted molar refractivity (Wildman–Crippen MR) is 88.8 cm³/mol. The molecule has 1 fully saturated rings. The van der Waals surface area contributed by atoms with Crippen LogP contribution in [0.1, 0.15) is 35.4 Å². The van der Waals surface area contributed by atoms with Gasteiger partial charge in [-0.25, -0.2) is 0 Å². The third kappa shape index (κ3) is 3.90. The summed E-state index contributed by atoms with van der Waals surface area (Å²) in [6, 6.07) is 6.80. The third-order valence-corrected chi connectivity index (χ3v) is 3.86. The van der Waals surface area contributed by atoms with Gasteiger partial charge in [0.25, 0.3) is 11.8 Å². The van der Waals surface area contributed by atoms with E-state index in [2.05, 4.69) is 10.3 Å². The monoisotopic (exact) mass is 325 g/mol. The number of pyridine rings is 1. The van der Waals surface area contributed by atoms with E-state index in [1.807, 2.05) is 6.07 Å². The zero-order valence-corrected chi connectivity index (χ0v) is 13.3. The van der Waals surface area contributed by atoms with Crippen molar-refractivity contribution in [2.75, 3.05) is 13.1 Å². The standard InChI is InChI=1S/C18H19N3O3/c22-17(16-7-5-11-24-16)20-15(12-14-6-4-8-19-13-14)18(23)21-9-2-1-3-10-21/h4-8,11-13H,1-3,9-10H2,(H,20,22)/b15-12-. The van der Waals surface area contributed by atoms with Gasteiger partial charge < -0.3 is 14.6 Å². The van der Waals surface area contributed by atoms with Crippen LogP contribution in [-0.4, -0.2) is 34.8 Å². The fourth-order valence-corrected chi connectivity index (χ4v) is 2.64. The maximum absolute atomic E-state index is 12.8. The van der Waals surface area contributed by atoms with E-state index in [0.29, 0.717) is 13.1 Å². The molecule has 0 aromatic carbocycles. The lowest BCUT2D eigenvalue weighted by Crippen LogP contribution is -2.41. The van der Waals surface area contributed by atoms with Crippen molar-refractivity contribution >= 4 is 17.9 Å². The van der Waals surface area contributed by atoms with Crippen molar-refractivity contribution in [1.82, 2.24) is 15.2 Å². The van der Waals surface area contributed by atoms with E-state index < -0.39 is 5.91 Å². The second-order valence-electron chi connectivity index (χ2n) is 5.63. The first-order chi connectivity index (χ1) is 11.7. The van der Waals surface area contributed by atoms with Crippen molar-refractivity contribution in [2.45, 2.75) is 19.3 Å². The summed E-state index contributed by atoms with van der Waals surface area (Å²) in [5.41, 5.74) is 0.976. The maximum Gasteiger partial charge on any atom is 0.291 e. The van der Waals surface area contributed by atoms with E-state index in [4.69, 9.17) is 4.42 Å². The van der Waals surface area contributed by atoms with Crippen molar-refractivity contribution in [1.29, 1.82) is 0 Å². The van der Waals surface area contributed by atoms with Gasteiger partial charge in [-0.15, -0.1) is 0 Å². The van der Waals surface area contributed by atoms with E-state index in [0.717, 1.165) is 24.8 Å². The molecule has 3 heterocycles. The van der Waals surface area contributed by atoms with Crippen LogP contribution in [0.15, 0.2) is 53.0 Å². The Labute approximate surface area is 140 Å². The summed E-state index contributed by atoms with van der Waals surface area (Å²) in [6.45, 7) is 1.42. The Hall–Kier alpha value is -2.89. The number of nitrogens with one attached hydrogen (secondary N) is 1. The summed E-state index contributed by atoms with van der Waals surface area (Å²) in [6.07, 6.45) is 9.46. The Kier molecular flexibility index (Phi) is 5.05. The number of carbonyl (C=O) groups is 2. The summed E-state index contributed by atoms with van der Waals surface area (Å²) in [5, 5.41) is 2.67. The van der Waals surface area contributed by atoms with Gasteiger partial charge in [-0.05, 0) is 49.1 Å². The van der Waals surface area contributed by atoms with E-state index in [1.54, 1.807) is 41.6 Å². The summed E-state index contributed by atoms with van der Waals surface area (Å²) >= 11 is 0. The zero-order chi connectivity index (χ0) is 16.8. The van der Waals surface area contributed by atoms with Gasteiger partial charge in [0.2, 0.25) is 0 Å². The molecular formula is C18H19N3O3. The molecule has 124 valence electrons. The number of amides is 2. The molecule has 0 radical (unpaired) electrons. The largest absolute Gasteiger partial charge is 0.459 e. The van der Waals surface area contributed by atoms with Gasteiger partial charge in [-0.1, -0.05) is 6.07 Å². The van der Waals surface area contributed by atoms with Gasteiger partial charge in [0.1, 0.15) is 5.70 Å². The number of likely N-dealkylation sites (tertiary alicyclic amines) is 1. The number of hydrogen-bond acceptors (Lipinski definition) is 4. The molecule has 1 aliphatic heterocycles. The SMILES string of the molecule is O=C(N/C(=C\c1cccnc1)C(=O)N1CCCCC1)c1ccco1. The Morgan fingerprint density at radius 2 is 2.00 bits per heavy atom. The summed E-state index contributed by atoms with van der Waals surface area (Å²) in [4.78, 5) is 30.9. The molecular weight excluding hydrogens is 306 g/mol. The van der Waals surface area contributed by atoms with Gasteiger partial charge in [0.05, 0.1) is 6.26 Å². The normalized spacial score (nSPS) is 15.2. The number of rotatable bonds is 4. The van der Waals surface area contributed by atoms with Crippen molar-refractivity contribution in [3.05, 3.63) is 59.9 Å². The van der Waals surface area contributed by atoms with Gasteiger partial charge in [0, 0.05) is 25.5 Å². The molecule has 1 N–H and O–H groups in total. The summed E-state index contributed by atoms with van der Waals surface area (Å²) in [7, 11) is 0. The van der Waals surface area contributed by atoms with Crippen molar-refractivity contribution < 1.29 is 14.0 Å². The fourth-order valence-electron chi connectivity index (χ4n) is 2.64. The van der Waals surface area contributed by atoms with E-state index in [9.17, 15) is 9.59 Å². The molecule has 2 aromatic heterocycles. The molecule has 1 aliphatic rings. The molecule has 3 rings (SSSR count). The average Bonchev–Trinajstić information content (AvgIpc) is 3.17. The molecule has 0 spiro atoms. The van der Waals surface area contributed by atoms with Gasteiger partial charge >= 0.3 is 0 Å². The average molecular weight is 325 g/mol. The first-order valence-corrected chi connectivity index (χ1v) is 8.00. The Morgan fingerprint density at radius 1 is 1.17 bits per heavy atom. The van der Waals surface area contributed by atoms with E-state index in [-0.39, 0.29) is 17.4 Å². The Morgan fingerprint density at radius 3 is 2.67 bits per heavy atom. The Bertz CT molecular complexity index is 717. The minimum absolute atomic E-state index is 0.165. The number of carbonyl (C=O) groups excluding carboxylic acids is 2. The number of piperidine rings is 1. The van der Waals surface area contributed by atoms with Crippen LogP contribution in [0.2, 0.25) is 0 Å². The van der Waals surface area contributed by atoms with E-state index in [1.165, 1.54) is 6.26 Å². The quantitative estimate of drug-likeness (QED) is 0.876. The molecule has 2 aromatic rings. The van der Waals surface area contributed by atoms with Crippen molar-refractivity contribution in [3.63, 3.8) is 0 Å². The highest BCUT2D eigenvalue weighted by Gasteiger charge is 2.23. The molecule has 0 aliphatic carbocycles. The van der Waals surface area contributed by atoms with Crippen molar-refractivity contribution in [3.8, 4) is 0 Å². The van der Waals surface area contributed by atoms with Crippen molar-refractivity contribution in [2.24, 2.45) is 0 Å². The van der Waals surface area contributed by atoms with Crippen LogP contribution < -0.4 is 5.32 Å². The molecule has 0 bridgehead atoms. The number of hydrogen-bond donors (Lipinski definition) is 1. The molecule has 2 amide bonds.